The third-order valence-electron chi connectivity index (χ3n) is 4.07. The smallest absolute Gasteiger partial charge is 0.407 e. The van der Waals surface area contributed by atoms with Crippen LogP contribution < -0.4 is 5.32 Å². The lowest BCUT2D eigenvalue weighted by molar-refractivity contribution is -0.146. The number of carboxylic acid groups (broad SMARTS) is 1. The van der Waals surface area contributed by atoms with Crippen LogP contribution in [0, 0.1) is 0 Å². The van der Waals surface area contributed by atoms with E-state index in [4.69, 9.17) is 14.9 Å². The molecule has 1 atom stereocenters. The van der Waals surface area contributed by atoms with E-state index in [0.717, 1.165) is 22.3 Å². The van der Waals surface area contributed by atoms with Gasteiger partial charge in [-0.25, -0.2) is 9.59 Å². The number of carboxylic acids is 1. The molecule has 0 saturated heterocycles. The molecule has 0 saturated carbocycles. The Bertz CT molecular complexity index is 728. The van der Waals surface area contributed by atoms with E-state index >= 15 is 0 Å². The molecule has 1 unspecified atom stereocenters. The van der Waals surface area contributed by atoms with Crippen molar-refractivity contribution in [1.29, 1.82) is 0 Å². The van der Waals surface area contributed by atoms with Crippen LogP contribution in [0.2, 0.25) is 0 Å². The molecule has 0 aliphatic heterocycles. The molecule has 0 spiro atoms. The average Bonchev–Trinajstić information content (AvgIpc) is 2.92. The molecule has 124 valence electrons. The fourth-order valence-corrected chi connectivity index (χ4v) is 2.92. The highest BCUT2D eigenvalue weighted by Gasteiger charge is 2.29. The number of alkyl carbamates (subject to hydrolysis) is 1. The first-order valence-electron chi connectivity index (χ1n) is 7.57. The second-order valence-corrected chi connectivity index (χ2v) is 5.56. The molecule has 0 fully saturated rings. The quantitative estimate of drug-likeness (QED) is 0.780. The number of ether oxygens (including phenoxy) is 1. The Morgan fingerprint density at radius 1 is 1.04 bits per heavy atom. The van der Waals surface area contributed by atoms with Crippen molar-refractivity contribution in [3.8, 4) is 11.1 Å². The maximum atomic E-state index is 11.7. The highest BCUT2D eigenvalue weighted by atomic mass is 16.5. The van der Waals surface area contributed by atoms with Gasteiger partial charge < -0.3 is 20.3 Å². The number of carbonyl (C=O) groups is 2. The van der Waals surface area contributed by atoms with Crippen molar-refractivity contribution in [2.24, 2.45) is 0 Å². The van der Waals surface area contributed by atoms with Gasteiger partial charge in [-0.05, 0) is 22.3 Å². The molecular weight excluding hydrogens is 310 g/mol. The molecule has 1 amide bonds. The highest BCUT2D eigenvalue weighted by Crippen LogP contribution is 2.44. The van der Waals surface area contributed by atoms with Gasteiger partial charge in [-0.1, -0.05) is 48.5 Å². The van der Waals surface area contributed by atoms with Crippen LogP contribution in [0.1, 0.15) is 17.0 Å². The van der Waals surface area contributed by atoms with Crippen molar-refractivity contribution in [2.45, 2.75) is 12.0 Å². The van der Waals surface area contributed by atoms with E-state index in [1.807, 2.05) is 48.5 Å². The van der Waals surface area contributed by atoms with Crippen LogP contribution in [0.3, 0.4) is 0 Å². The molecule has 0 heterocycles. The first-order valence-corrected chi connectivity index (χ1v) is 7.57. The summed E-state index contributed by atoms with van der Waals surface area (Å²) in [5, 5.41) is 20.0. The maximum absolute atomic E-state index is 11.7. The zero-order valence-electron chi connectivity index (χ0n) is 12.8. The van der Waals surface area contributed by atoms with E-state index in [0.29, 0.717) is 0 Å². The van der Waals surface area contributed by atoms with Crippen molar-refractivity contribution >= 4 is 12.1 Å². The van der Waals surface area contributed by atoms with Crippen molar-refractivity contribution in [2.75, 3.05) is 13.2 Å². The van der Waals surface area contributed by atoms with Crippen LogP contribution in [-0.4, -0.2) is 41.5 Å². The molecule has 1 aliphatic carbocycles. The van der Waals surface area contributed by atoms with E-state index in [9.17, 15) is 9.59 Å². The Balaban J connectivity index is 1.67. The Hall–Kier alpha value is -2.86. The van der Waals surface area contributed by atoms with Gasteiger partial charge in [-0.2, -0.15) is 0 Å². The van der Waals surface area contributed by atoms with Crippen LogP contribution in [0.25, 0.3) is 11.1 Å². The summed E-state index contributed by atoms with van der Waals surface area (Å²) in [4.78, 5) is 22.2. The highest BCUT2D eigenvalue weighted by molar-refractivity contribution is 5.79. The molecule has 24 heavy (non-hydrogen) atoms. The number of hydrogen-bond acceptors (Lipinski definition) is 4. The zero-order valence-corrected chi connectivity index (χ0v) is 12.8. The van der Waals surface area contributed by atoms with Gasteiger partial charge in [-0.15, -0.1) is 0 Å². The number of rotatable bonds is 5. The number of fused-ring (bicyclic) bond motifs is 3. The standard InChI is InChI=1S/C18H17NO5/c20-16(17(21)22)9-19-18(23)24-10-15-13-7-3-1-5-11(13)12-6-2-4-8-14(12)15/h1-8,15-16,20H,9-10H2,(H,19,23)(H,21,22). The van der Waals surface area contributed by atoms with Crippen LogP contribution in [0.15, 0.2) is 48.5 Å². The minimum absolute atomic E-state index is 0.0625. The van der Waals surface area contributed by atoms with Crippen LogP contribution in [-0.2, 0) is 9.53 Å². The Kier molecular flexibility index (Phi) is 4.48. The lowest BCUT2D eigenvalue weighted by Crippen LogP contribution is -2.37. The summed E-state index contributed by atoms with van der Waals surface area (Å²) in [7, 11) is 0. The number of aliphatic hydroxyl groups excluding tert-OH is 1. The first-order chi connectivity index (χ1) is 11.6. The summed E-state index contributed by atoms with van der Waals surface area (Å²) in [6.07, 6.45) is -2.40. The molecule has 2 aromatic carbocycles. The number of hydrogen-bond donors (Lipinski definition) is 3. The minimum atomic E-state index is -1.65. The molecule has 6 heteroatoms. The Morgan fingerprint density at radius 2 is 1.58 bits per heavy atom. The number of benzene rings is 2. The molecule has 0 radical (unpaired) electrons. The van der Waals surface area contributed by atoms with E-state index in [2.05, 4.69) is 5.32 Å². The summed E-state index contributed by atoms with van der Waals surface area (Å²) >= 11 is 0. The lowest BCUT2D eigenvalue weighted by atomic mass is 9.98. The lowest BCUT2D eigenvalue weighted by Gasteiger charge is -2.15. The Morgan fingerprint density at radius 3 is 2.12 bits per heavy atom. The minimum Gasteiger partial charge on any atom is -0.479 e. The summed E-state index contributed by atoms with van der Waals surface area (Å²) < 4.78 is 5.22. The molecule has 6 nitrogen and oxygen atoms in total. The molecule has 0 bridgehead atoms. The van der Waals surface area contributed by atoms with Crippen molar-refractivity contribution in [3.63, 3.8) is 0 Å². The topological polar surface area (TPSA) is 95.9 Å². The second-order valence-electron chi connectivity index (χ2n) is 5.56. The summed E-state index contributed by atoms with van der Waals surface area (Å²) in [6, 6.07) is 15.9. The number of nitrogens with one attached hydrogen (secondary N) is 1. The van der Waals surface area contributed by atoms with Gasteiger partial charge in [0.25, 0.3) is 0 Å². The summed E-state index contributed by atoms with van der Waals surface area (Å²) in [5.41, 5.74) is 4.45. The maximum Gasteiger partial charge on any atom is 0.407 e. The predicted octanol–water partition coefficient (Wildman–Crippen LogP) is 1.97. The molecule has 3 rings (SSSR count). The van der Waals surface area contributed by atoms with Crippen molar-refractivity contribution in [1.82, 2.24) is 5.32 Å². The van der Waals surface area contributed by atoms with E-state index < -0.39 is 24.7 Å². The van der Waals surface area contributed by atoms with Crippen LogP contribution in [0.5, 0.6) is 0 Å². The van der Waals surface area contributed by atoms with Crippen molar-refractivity contribution < 1.29 is 24.5 Å². The van der Waals surface area contributed by atoms with Gasteiger partial charge in [0.2, 0.25) is 0 Å². The van der Waals surface area contributed by atoms with E-state index in [1.54, 1.807) is 0 Å². The van der Waals surface area contributed by atoms with Crippen LogP contribution >= 0.6 is 0 Å². The fraction of sp³-hybridized carbons (Fsp3) is 0.222. The fourth-order valence-electron chi connectivity index (χ4n) is 2.92. The van der Waals surface area contributed by atoms with Crippen molar-refractivity contribution in [3.05, 3.63) is 59.7 Å². The monoisotopic (exact) mass is 327 g/mol. The molecule has 0 aromatic heterocycles. The number of amides is 1. The van der Waals surface area contributed by atoms with Gasteiger partial charge in [0.1, 0.15) is 6.61 Å². The predicted molar refractivity (Wildman–Crippen MR) is 86.7 cm³/mol. The molecular formula is C18H17NO5. The number of aliphatic carboxylic acids is 1. The second kappa shape index (κ2) is 6.72. The zero-order chi connectivity index (χ0) is 17.1. The summed E-state index contributed by atoms with van der Waals surface area (Å²) in [5.74, 6) is -1.46. The largest absolute Gasteiger partial charge is 0.479 e. The van der Waals surface area contributed by atoms with E-state index in [-0.39, 0.29) is 12.5 Å². The van der Waals surface area contributed by atoms with Gasteiger partial charge >= 0.3 is 12.1 Å². The van der Waals surface area contributed by atoms with Gasteiger partial charge in [-0.3, -0.25) is 0 Å². The van der Waals surface area contributed by atoms with Gasteiger partial charge in [0.05, 0.1) is 6.54 Å². The first kappa shape index (κ1) is 16.0. The molecule has 2 aromatic rings. The number of carbonyl (C=O) groups excluding carboxylic acids is 1. The normalized spacial score (nSPS) is 13.7. The molecule has 3 N–H and O–H groups in total. The average molecular weight is 327 g/mol. The molecule has 1 aliphatic rings. The SMILES string of the molecule is O=C(NCC(O)C(=O)O)OCC1c2ccccc2-c2ccccc21. The Labute approximate surface area is 138 Å². The van der Waals surface area contributed by atoms with E-state index in [1.165, 1.54) is 0 Å². The van der Waals surface area contributed by atoms with Crippen LogP contribution in [0.4, 0.5) is 4.79 Å². The number of aliphatic hydroxyl groups is 1. The van der Waals surface area contributed by atoms with Gasteiger partial charge in [0, 0.05) is 5.92 Å². The third kappa shape index (κ3) is 3.09. The van der Waals surface area contributed by atoms with Gasteiger partial charge in [0.15, 0.2) is 6.10 Å². The third-order valence-corrected chi connectivity index (χ3v) is 4.07. The summed E-state index contributed by atoms with van der Waals surface area (Å²) in [6.45, 7) is -0.255.